The Morgan fingerprint density at radius 1 is 1.19 bits per heavy atom. The molecule has 1 aliphatic rings. The SMILES string of the molecule is Cc1cccc(CC2=CC(=O)CCCC2)c1. The zero-order valence-electron chi connectivity index (χ0n) is 9.83. The molecule has 16 heavy (non-hydrogen) atoms. The Balaban J connectivity index is 2.11. The summed E-state index contributed by atoms with van der Waals surface area (Å²) in [7, 11) is 0. The van der Waals surface area contributed by atoms with Gasteiger partial charge in [-0.2, -0.15) is 0 Å². The van der Waals surface area contributed by atoms with Crippen LogP contribution < -0.4 is 0 Å². The predicted octanol–water partition coefficient (Wildman–Crippen LogP) is 3.61. The minimum absolute atomic E-state index is 0.306. The maximum Gasteiger partial charge on any atom is 0.155 e. The smallest absolute Gasteiger partial charge is 0.155 e. The average molecular weight is 214 g/mol. The van der Waals surface area contributed by atoms with Crippen molar-refractivity contribution in [1.29, 1.82) is 0 Å². The van der Waals surface area contributed by atoms with Crippen LogP contribution in [0.5, 0.6) is 0 Å². The fourth-order valence-corrected chi connectivity index (χ4v) is 2.25. The molecule has 0 radical (unpaired) electrons. The van der Waals surface area contributed by atoms with Crippen molar-refractivity contribution in [1.82, 2.24) is 0 Å². The van der Waals surface area contributed by atoms with Gasteiger partial charge in [-0.3, -0.25) is 4.79 Å². The first-order valence-corrected chi connectivity index (χ1v) is 6.02. The molecule has 2 rings (SSSR count). The fraction of sp³-hybridized carbons (Fsp3) is 0.400. The summed E-state index contributed by atoms with van der Waals surface area (Å²) in [5.74, 6) is 0.306. The van der Waals surface area contributed by atoms with E-state index in [-0.39, 0.29) is 0 Å². The lowest BCUT2D eigenvalue weighted by atomic mass is 10.00. The molecule has 0 N–H and O–H groups in total. The molecule has 0 spiro atoms. The van der Waals surface area contributed by atoms with E-state index in [0.29, 0.717) is 5.78 Å². The number of benzene rings is 1. The van der Waals surface area contributed by atoms with Crippen LogP contribution in [0.4, 0.5) is 0 Å². The van der Waals surface area contributed by atoms with Crippen molar-refractivity contribution in [2.75, 3.05) is 0 Å². The minimum atomic E-state index is 0.306. The molecule has 0 bridgehead atoms. The first kappa shape index (κ1) is 11.1. The maximum atomic E-state index is 11.5. The van der Waals surface area contributed by atoms with Crippen LogP contribution in [-0.4, -0.2) is 5.78 Å². The van der Waals surface area contributed by atoms with Crippen LogP contribution in [0.15, 0.2) is 35.9 Å². The Bertz CT molecular complexity index is 415. The van der Waals surface area contributed by atoms with Crippen LogP contribution in [0.3, 0.4) is 0 Å². The minimum Gasteiger partial charge on any atom is -0.295 e. The van der Waals surface area contributed by atoms with Gasteiger partial charge in [0, 0.05) is 6.42 Å². The lowest BCUT2D eigenvalue weighted by Gasteiger charge is -2.05. The highest BCUT2D eigenvalue weighted by Gasteiger charge is 2.08. The summed E-state index contributed by atoms with van der Waals surface area (Å²) in [6.45, 7) is 2.11. The molecule has 0 heterocycles. The van der Waals surface area contributed by atoms with Crippen LogP contribution in [0.1, 0.15) is 36.8 Å². The van der Waals surface area contributed by atoms with Gasteiger partial charge >= 0.3 is 0 Å². The number of ketones is 1. The number of carbonyl (C=O) groups is 1. The van der Waals surface area contributed by atoms with Gasteiger partial charge in [0.05, 0.1) is 0 Å². The van der Waals surface area contributed by atoms with Crippen molar-refractivity contribution in [3.05, 3.63) is 47.0 Å². The van der Waals surface area contributed by atoms with Crippen molar-refractivity contribution in [3.8, 4) is 0 Å². The number of rotatable bonds is 2. The molecule has 1 nitrogen and oxygen atoms in total. The van der Waals surface area contributed by atoms with Crippen LogP contribution >= 0.6 is 0 Å². The zero-order valence-corrected chi connectivity index (χ0v) is 9.83. The van der Waals surface area contributed by atoms with E-state index in [4.69, 9.17) is 0 Å². The Morgan fingerprint density at radius 3 is 2.81 bits per heavy atom. The fourth-order valence-electron chi connectivity index (χ4n) is 2.25. The van der Waals surface area contributed by atoms with Gasteiger partial charge in [-0.25, -0.2) is 0 Å². The summed E-state index contributed by atoms with van der Waals surface area (Å²) in [6, 6.07) is 8.54. The molecular weight excluding hydrogens is 196 g/mol. The predicted molar refractivity (Wildman–Crippen MR) is 66.4 cm³/mol. The van der Waals surface area contributed by atoms with Crippen molar-refractivity contribution >= 4 is 5.78 Å². The van der Waals surface area contributed by atoms with Crippen molar-refractivity contribution < 1.29 is 4.79 Å². The van der Waals surface area contributed by atoms with Crippen LogP contribution in [0.25, 0.3) is 0 Å². The van der Waals surface area contributed by atoms with E-state index in [2.05, 4.69) is 31.2 Å². The molecule has 84 valence electrons. The Hall–Kier alpha value is -1.37. The van der Waals surface area contributed by atoms with Crippen LogP contribution in [0, 0.1) is 6.92 Å². The Morgan fingerprint density at radius 2 is 2.00 bits per heavy atom. The highest BCUT2D eigenvalue weighted by atomic mass is 16.1. The third-order valence-corrected chi connectivity index (χ3v) is 3.05. The average Bonchev–Trinajstić information content (AvgIpc) is 2.43. The summed E-state index contributed by atoms with van der Waals surface area (Å²) >= 11 is 0. The molecular formula is C15H18O. The molecule has 0 saturated carbocycles. The Labute approximate surface area is 97.2 Å². The van der Waals surface area contributed by atoms with E-state index in [0.717, 1.165) is 32.1 Å². The van der Waals surface area contributed by atoms with Crippen molar-refractivity contribution in [2.45, 2.75) is 39.0 Å². The summed E-state index contributed by atoms with van der Waals surface area (Å²) in [5.41, 5.74) is 3.91. The van der Waals surface area contributed by atoms with Gasteiger partial charge in [0.1, 0.15) is 0 Å². The molecule has 0 amide bonds. The van der Waals surface area contributed by atoms with Gasteiger partial charge in [-0.15, -0.1) is 0 Å². The summed E-state index contributed by atoms with van der Waals surface area (Å²) < 4.78 is 0. The number of aryl methyl sites for hydroxylation is 1. The van der Waals surface area contributed by atoms with Crippen molar-refractivity contribution in [2.24, 2.45) is 0 Å². The van der Waals surface area contributed by atoms with Crippen LogP contribution in [-0.2, 0) is 11.2 Å². The van der Waals surface area contributed by atoms with E-state index in [1.54, 1.807) is 0 Å². The molecule has 0 aliphatic heterocycles. The summed E-state index contributed by atoms with van der Waals surface area (Å²) in [4.78, 5) is 11.5. The summed E-state index contributed by atoms with van der Waals surface area (Å²) in [5, 5.41) is 0. The highest BCUT2D eigenvalue weighted by Crippen LogP contribution is 2.19. The molecule has 0 unspecified atom stereocenters. The Kier molecular flexibility index (Phi) is 3.55. The van der Waals surface area contributed by atoms with E-state index in [1.165, 1.54) is 16.7 Å². The molecule has 1 aromatic carbocycles. The third-order valence-electron chi connectivity index (χ3n) is 3.05. The first-order valence-electron chi connectivity index (χ1n) is 6.02. The molecule has 1 heteroatoms. The van der Waals surface area contributed by atoms with E-state index in [1.807, 2.05) is 6.08 Å². The zero-order chi connectivity index (χ0) is 11.4. The number of carbonyl (C=O) groups excluding carboxylic acids is 1. The highest BCUT2D eigenvalue weighted by molar-refractivity contribution is 5.90. The lowest BCUT2D eigenvalue weighted by molar-refractivity contribution is -0.114. The van der Waals surface area contributed by atoms with Gasteiger partial charge in [0.25, 0.3) is 0 Å². The van der Waals surface area contributed by atoms with Gasteiger partial charge in [-0.1, -0.05) is 35.4 Å². The molecule has 0 saturated heterocycles. The largest absolute Gasteiger partial charge is 0.295 e. The topological polar surface area (TPSA) is 17.1 Å². The van der Waals surface area contributed by atoms with Gasteiger partial charge in [0.2, 0.25) is 0 Å². The number of allylic oxidation sites excluding steroid dienone is 2. The summed E-state index contributed by atoms with van der Waals surface area (Å²) in [6.07, 6.45) is 6.83. The lowest BCUT2D eigenvalue weighted by Crippen LogP contribution is -1.94. The number of hydrogen-bond donors (Lipinski definition) is 0. The van der Waals surface area contributed by atoms with Gasteiger partial charge in [-0.05, 0) is 44.2 Å². The molecule has 1 aromatic rings. The molecule has 0 atom stereocenters. The van der Waals surface area contributed by atoms with Crippen LogP contribution in [0.2, 0.25) is 0 Å². The normalized spacial score (nSPS) is 16.8. The quantitative estimate of drug-likeness (QED) is 0.735. The van der Waals surface area contributed by atoms with E-state index in [9.17, 15) is 4.79 Å². The molecule has 0 fully saturated rings. The van der Waals surface area contributed by atoms with Gasteiger partial charge in [0.15, 0.2) is 5.78 Å². The number of hydrogen-bond acceptors (Lipinski definition) is 1. The van der Waals surface area contributed by atoms with Gasteiger partial charge < -0.3 is 0 Å². The molecule has 1 aliphatic carbocycles. The van der Waals surface area contributed by atoms with Crippen molar-refractivity contribution in [3.63, 3.8) is 0 Å². The monoisotopic (exact) mass is 214 g/mol. The standard InChI is InChI=1S/C15H18O/c1-12-5-4-7-13(9-12)10-14-6-2-3-8-15(16)11-14/h4-5,7,9,11H,2-3,6,8,10H2,1H3. The second kappa shape index (κ2) is 5.11. The van der Waals surface area contributed by atoms with E-state index >= 15 is 0 Å². The first-order chi connectivity index (χ1) is 7.74. The second-order valence-corrected chi connectivity index (χ2v) is 4.64. The van der Waals surface area contributed by atoms with E-state index < -0.39 is 0 Å². The molecule has 0 aromatic heterocycles. The maximum absolute atomic E-state index is 11.5. The second-order valence-electron chi connectivity index (χ2n) is 4.64. The third kappa shape index (κ3) is 3.06.